The maximum atomic E-state index is 11.3. The van der Waals surface area contributed by atoms with Gasteiger partial charge in [-0.25, -0.2) is 0 Å². The van der Waals surface area contributed by atoms with Crippen molar-refractivity contribution in [3.63, 3.8) is 0 Å². The SMILES string of the molecule is CCOc1ccc2ccccc2c1NCC(=O)OC.Cl. The zero-order valence-electron chi connectivity index (χ0n) is 11.5. The Balaban J connectivity index is 0.00000200. The molecule has 0 atom stereocenters. The van der Waals surface area contributed by atoms with E-state index in [9.17, 15) is 4.79 Å². The zero-order chi connectivity index (χ0) is 13.7. The number of carbonyl (C=O) groups excluding carboxylic acids is 1. The Morgan fingerprint density at radius 2 is 1.95 bits per heavy atom. The number of fused-ring (bicyclic) bond motifs is 1. The number of rotatable bonds is 5. The minimum absolute atomic E-state index is 0. The highest BCUT2D eigenvalue weighted by atomic mass is 35.5. The number of halogens is 1. The number of carbonyl (C=O) groups is 1. The van der Waals surface area contributed by atoms with Crippen LogP contribution in [0.25, 0.3) is 10.8 Å². The lowest BCUT2D eigenvalue weighted by molar-refractivity contribution is -0.138. The Bertz CT molecular complexity index is 586. The summed E-state index contributed by atoms with van der Waals surface area (Å²) in [5, 5.41) is 5.21. The molecule has 0 fully saturated rings. The lowest BCUT2D eigenvalue weighted by Gasteiger charge is -2.14. The Hall–Kier alpha value is -1.94. The third-order valence-electron chi connectivity index (χ3n) is 2.83. The number of methoxy groups -OCH3 is 1. The quantitative estimate of drug-likeness (QED) is 0.860. The van der Waals surface area contributed by atoms with Gasteiger partial charge in [0, 0.05) is 5.39 Å². The molecular weight excluding hydrogens is 278 g/mol. The second-order valence-corrected chi connectivity index (χ2v) is 4.02. The Labute approximate surface area is 124 Å². The predicted molar refractivity (Wildman–Crippen MR) is 82.9 cm³/mol. The first kappa shape index (κ1) is 16.1. The Morgan fingerprint density at radius 3 is 2.65 bits per heavy atom. The second-order valence-electron chi connectivity index (χ2n) is 4.02. The molecule has 0 aromatic heterocycles. The molecule has 0 unspecified atom stereocenters. The monoisotopic (exact) mass is 295 g/mol. The van der Waals surface area contributed by atoms with E-state index < -0.39 is 0 Å². The van der Waals surface area contributed by atoms with Crippen LogP contribution in [0, 0.1) is 0 Å². The summed E-state index contributed by atoms with van der Waals surface area (Å²) in [4.78, 5) is 11.3. The van der Waals surface area contributed by atoms with Crippen LogP contribution < -0.4 is 10.1 Å². The van der Waals surface area contributed by atoms with Crippen LogP contribution in [0.15, 0.2) is 36.4 Å². The molecule has 0 saturated heterocycles. The summed E-state index contributed by atoms with van der Waals surface area (Å²) in [5.74, 6) is 0.431. The fourth-order valence-electron chi connectivity index (χ4n) is 1.94. The molecule has 0 bridgehead atoms. The van der Waals surface area contributed by atoms with E-state index in [0.29, 0.717) is 6.61 Å². The molecule has 0 saturated carbocycles. The van der Waals surface area contributed by atoms with Crippen molar-refractivity contribution in [1.82, 2.24) is 0 Å². The van der Waals surface area contributed by atoms with Crippen LogP contribution in [0.3, 0.4) is 0 Å². The summed E-state index contributed by atoms with van der Waals surface area (Å²) < 4.78 is 10.2. The molecule has 0 spiro atoms. The molecule has 2 rings (SSSR count). The number of hydrogen-bond donors (Lipinski definition) is 1. The summed E-state index contributed by atoms with van der Waals surface area (Å²) in [5.41, 5.74) is 0.824. The number of benzene rings is 2. The van der Waals surface area contributed by atoms with Crippen molar-refractivity contribution in [3.05, 3.63) is 36.4 Å². The molecule has 0 aliphatic carbocycles. The normalized spacial score (nSPS) is 9.70. The molecule has 108 valence electrons. The van der Waals surface area contributed by atoms with Crippen LogP contribution >= 0.6 is 12.4 Å². The molecule has 0 amide bonds. The number of hydrogen-bond acceptors (Lipinski definition) is 4. The summed E-state index contributed by atoms with van der Waals surface area (Å²) in [6.07, 6.45) is 0. The van der Waals surface area contributed by atoms with Crippen molar-refractivity contribution in [1.29, 1.82) is 0 Å². The molecule has 2 aromatic rings. The minimum Gasteiger partial charge on any atom is -0.492 e. The van der Waals surface area contributed by atoms with Gasteiger partial charge in [-0.1, -0.05) is 30.3 Å². The van der Waals surface area contributed by atoms with Crippen LogP contribution in [0.1, 0.15) is 6.92 Å². The topological polar surface area (TPSA) is 47.6 Å². The number of ether oxygens (including phenoxy) is 2. The van der Waals surface area contributed by atoms with Crippen LogP contribution in [0.4, 0.5) is 5.69 Å². The molecule has 0 radical (unpaired) electrons. The molecule has 0 aliphatic heterocycles. The molecule has 1 N–H and O–H groups in total. The third kappa shape index (κ3) is 3.54. The van der Waals surface area contributed by atoms with Crippen molar-refractivity contribution in [2.45, 2.75) is 6.92 Å². The number of anilines is 1. The molecule has 0 heterocycles. The molecule has 20 heavy (non-hydrogen) atoms. The summed E-state index contributed by atoms with van der Waals surface area (Å²) in [7, 11) is 1.37. The summed E-state index contributed by atoms with van der Waals surface area (Å²) in [6, 6.07) is 11.9. The fraction of sp³-hybridized carbons (Fsp3) is 0.267. The van der Waals surface area contributed by atoms with Gasteiger partial charge in [-0.15, -0.1) is 12.4 Å². The average Bonchev–Trinajstić information content (AvgIpc) is 2.45. The van der Waals surface area contributed by atoms with E-state index in [1.807, 2.05) is 43.3 Å². The van der Waals surface area contributed by atoms with E-state index in [2.05, 4.69) is 10.1 Å². The average molecular weight is 296 g/mol. The van der Waals surface area contributed by atoms with E-state index in [0.717, 1.165) is 22.2 Å². The standard InChI is InChI=1S/C15H17NO3.ClH/c1-3-19-13-9-8-11-6-4-5-7-12(11)15(13)16-10-14(17)18-2;/h4-9,16H,3,10H2,1-2H3;1H. The van der Waals surface area contributed by atoms with Crippen LogP contribution in [0.2, 0.25) is 0 Å². The van der Waals surface area contributed by atoms with Gasteiger partial charge in [-0.3, -0.25) is 4.79 Å². The van der Waals surface area contributed by atoms with Crippen molar-refractivity contribution in [2.75, 3.05) is 25.6 Å². The zero-order valence-corrected chi connectivity index (χ0v) is 12.3. The highest BCUT2D eigenvalue weighted by Gasteiger charge is 2.10. The smallest absolute Gasteiger partial charge is 0.325 e. The van der Waals surface area contributed by atoms with Gasteiger partial charge in [0.1, 0.15) is 12.3 Å². The van der Waals surface area contributed by atoms with Gasteiger partial charge in [-0.2, -0.15) is 0 Å². The van der Waals surface area contributed by atoms with Crippen molar-refractivity contribution < 1.29 is 14.3 Å². The highest BCUT2D eigenvalue weighted by Crippen LogP contribution is 2.33. The van der Waals surface area contributed by atoms with Crippen molar-refractivity contribution in [3.8, 4) is 5.75 Å². The van der Waals surface area contributed by atoms with Crippen LogP contribution in [-0.2, 0) is 9.53 Å². The van der Waals surface area contributed by atoms with E-state index in [1.54, 1.807) is 0 Å². The third-order valence-corrected chi connectivity index (χ3v) is 2.83. The second kappa shape index (κ2) is 7.60. The first-order valence-corrected chi connectivity index (χ1v) is 6.21. The highest BCUT2D eigenvalue weighted by molar-refractivity contribution is 5.97. The molecule has 0 aliphatic rings. The predicted octanol–water partition coefficient (Wildman–Crippen LogP) is 3.25. The van der Waals surface area contributed by atoms with Gasteiger partial charge in [0.05, 0.1) is 19.4 Å². The molecule has 2 aromatic carbocycles. The molecule has 5 heteroatoms. The lowest BCUT2D eigenvalue weighted by atomic mass is 10.1. The van der Waals surface area contributed by atoms with E-state index >= 15 is 0 Å². The van der Waals surface area contributed by atoms with Gasteiger partial charge in [-0.05, 0) is 18.4 Å². The Kier molecular flexibility index (Phi) is 6.12. The Morgan fingerprint density at radius 1 is 1.20 bits per heavy atom. The van der Waals surface area contributed by atoms with Gasteiger partial charge < -0.3 is 14.8 Å². The molecule has 4 nitrogen and oxygen atoms in total. The first-order chi connectivity index (χ1) is 9.26. The lowest BCUT2D eigenvalue weighted by Crippen LogP contribution is -2.15. The van der Waals surface area contributed by atoms with Crippen molar-refractivity contribution in [2.24, 2.45) is 0 Å². The van der Waals surface area contributed by atoms with E-state index in [-0.39, 0.29) is 24.9 Å². The molecular formula is C15H18ClNO3. The minimum atomic E-state index is -0.310. The summed E-state index contributed by atoms with van der Waals surface area (Å²) >= 11 is 0. The fourth-order valence-corrected chi connectivity index (χ4v) is 1.94. The maximum Gasteiger partial charge on any atom is 0.325 e. The van der Waals surface area contributed by atoms with E-state index in [4.69, 9.17) is 4.74 Å². The number of esters is 1. The number of nitrogens with one attached hydrogen (secondary N) is 1. The first-order valence-electron chi connectivity index (χ1n) is 6.21. The maximum absolute atomic E-state index is 11.3. The van der Waals surface area contributed by atoms with Gasteiger partial charge >= 0.3 is 5.97 Å². The summed E-state index contributed by atoms with van der Waals surface area (Å²) in [6.45, 7) is 2.62. The van der Waals surface area contributed by atoms with Crippen LogP contribution in [-0.4, -0.2) is 26.2 Å². The van der Waals surface area contributed by atoms with Gasteiger partial charge in [0.25, 0.3) is 0 Å². The largest absolute Gasteiger partial charge is 0.492 e. The van der Waals surface area contributed by atoms with Crippen molar-refractivity contribution >= 4 is 34.8 Å². The van der Waals surface area contributed by atoms with Gasteiger partial charge in [0.15, 0.2) is 0 Å². The van der Waals surface area contributed by atoms with Gasteiger partial charge in [0.2, 0.25) is 0 Å². The van der Waals surface area contributed by atoms with E-state index in [1.165, 1.54) is 7.11 Å². The van der Waals surface area contributed by atoms with Crippen LogP contribution in [0.5, 0.6) is 5.75 Å².